The van der Waals surface area contributed by atoms with Gasteiger partial charge in [-0.3, -0.25) is 0 Å². The number of carbonyl (C=O) groups is 1. The van der Waals surface area contributed by atoms with Gasteiger partial charge in [0.15, 0.2) is 6.54 Å². The highest BCUT2D eigenvalue weighted by molar-refractivity contribution is 6.30. The third-order valence-corrected chi connectivity index (χ3v) is 3.64. The van der Waals surface area contributed by atoms with E-state index in [1.165, 1.54) is 4.80 Å². The Hall–Kier alpha value is -2.44. The molecule has 0 aliphatic carbocycles. The first-order chi connectivity index (χ1) is 11.6. The van der Waals surface area contributed by atoms with Crippen LogP contribution in [0.3, 0.4) is 0 Å². The predicted molar refractivity (Wildman–Crippen MR) is 89.5 cm³/mol. The molecule has 0 spiro atoms. The van der Waals surface area contributed by atoms with Gasteiger partial charge in [0.2, 0.25) is 5.82 Å². The van der Waals surface area contributed by atoms with Crippen molar-refractivity contribution in [2.45, 2.75) is 13.2 Å². The van der Waals surface area contributed by atoms with Crippen molar-refractivity contribution in [1.82, 2.24) is 20.2 Å². The first-order valence-electron chi connectivity index (χ1n) is 7.04. The molecule has 0 unspecified atom stereocenters. The second kappa shape index (κ2) is 7.42. The van der Waals surface area contributed by atoms with E-state index in [1.807, 2.05) is 0 Å². The van der Waals surface area contributed by atoms with Crippen LogP contribution in [0, 0.1) is 0 Å². The van der Waals surface area contributed by atoms with Gasteiger partial charge in [-0.05, 0) is 47.2 Å². The maximum absolute atomic E-state index is 11.8. The van der Waals surface area contributed by atoms with Crippen LogP contribution in [-0.2, 0) is 22.7 Å². The summed E-state index contributed by atoms with van der Waals surface area (Å²) in [6.07, 6.45) is 0. The van der Waals surface area contributed by atoms with Crippen LogP contribution in [0.25, 0.3) is 11.4 Å². The number of rotatable bonds is 5. The zero-order valence-corrected chi connectivity index (χ0v) is 13.9. The molecule has 1 aromatic heterocycles. The average Bonchev–Trinajstić information content (AvgIpc) is 3.03. The maximum atomic E-state index is 11.8. The lowest BCUT2D eigenvalue weighted by Crippen LogP contribution is -2.15. The molecule has 0 bridgehead atoms. The molecule has 3 rings (SSSR count). The second-order valence-corrected chi connectivity index (χ2v) is 5.81. The van der Waals surface area contributed by atoms with E-state index in [2.05, 4.69) is 15.4 Å². The first kappa shape index (κ1) is 16.4. The summed E-state index contributed by atoms with van der Waals surface area (Å²) in [6, 6.07) is 14.1. The van der Waals surface area contributed by atoms with Crippen LogP contribution in [0.5, 0.6) is 0 Å². The molecule has 2 aromatic carbocycles. The van der Waals surface area contributed by atoms with Crippen LogP contribution in [0.15, 0.2) is 48.5 Å². The molecule has 0 saturated carbocycles. The summed E-state index contributed by atoms with van der Waals surface area (Å²) < 4.78 is 5.17. The van der Waals surface area contributed by atoms with Crippen LogP contribution in [-0.4, -0.2) is 26.2 Å². The first-order valence-corrected chi connectivity index (χ1v) is 7.79. The fourth-order valence-electron chi connectivity index (χ4n) is 1.93. The number of hydrogen-bond donors (Lipinski definition) is 0. The van der Waals surface area contributed by atoms with E-state index in [1.54, 1.807) is 48.5 Å². The number of benzene rings is 2. The minimum atomic E-state index is -0.454. The van der Waals surface area contributed by atoms with E-state index in [-0.39, 0.29) is 13.2 Å². The van der Waals surface area contributed by atoms with E-state index in [4.69, 9.17) is 27.9 Å². The van der Waals surface area contributed by atoms with Gasteiger partial charge in [-0.15, -0.1) is 10.2 Å². The zero-order valence-electron chi connectivity index (χ0n) is 12.4. The number of hydrogen-bond acceptors (Lipinski definition) is 5. The van der Waals surface area contributed by atoms with Crippen LogP contribution in [0.4, 0.5) is 0 Å². The molecule has 3 aromatic rings. The summed E-state index contributed by atoms with van der Waals surface area (Å²) in [5.41, 5.74) is 1.61. The van der Waals surface area contributed by atoms with Crippen LogP contribution in [0.1, 0.15) is 5.56 Å². The molecule has 1 heterocycles. The molecule has 0 fully saturated rings. The molecule has 0 aliphatic heterocycles. The largest absolute Gasteiger partial charge is 0.459 e. The van der Waals surface area contributed by atoms with E-state index in [0.717, 1.165) is 11.1 Å². The highest BCUT2D eigenvalue weighted by Crippen LogP contribution is 2.17. The predicted octanol–water partition coefficient (Wildman–Crippen LogP) is 3.39. The highest BCUT2D eigenvalue weighted by Gasteiger charge is 2.10. The Labute approximate surface area is 148 Å². The quantitative estimate of drug-likeness (QED) is 0.650. The molecule has 24 heavy (non-hydrogen) atoms. The lowest BCUT2D eigenvalue weighted by molar-refractivity contribution is -0.146. The van der Waals surface area contributed by atoms with Crippen molar-refractivity contribution in [2.24, 2.45) is 0 Å². The van der Waals surface area contributed by atoms with Gasteiger partial charge in [0, 0.05) is 15.6 Å². The topological polar surface area (TPSA) is 69.9 Å². The van der Waals surface area contributed by atoms with Crippen molar-refractivity contribution in [1.29, 1.82) is 0 Å². The van der Waals surface area contributed by atoms with Crippen LogP contribution < -0.4 is 0 Å². The normalized spacial score (nSPS) is 10.6. The lowest BCUT2D eigenvalue weighted by Gasteiger charge is -2.04. The summed E-state index contributed by atoms with van der Waals surface area (Å²) in [4.78, 5) is 13.0. The zero-order chi connectivity index (χ0) is 16.9. The van der Waals surface area contributed by atoms with Crippen molar-refractivity contribution < 1.29 is 9.53 Å². The molecule has 0 amide bonds. The Balaban J connectivity index is 1.57. The summed E-state index contributed by atoms with van der Waals surface area (Å²) in [5, 5.41) is 13.2. The molecule has 0 N–H and O–H groups in total. The molecular formula is C16H12Cl2N4O2. The van der Waals surface area contributed by atoms with Gasteiger partial charge in [0.05, 0.1) is 0 Å². The third kappa shape index (κ3) is 4.31. The van der Waals surface area contributed by atoms with Gasteiger partial charge in [0.1, 0.15) is 6.61 Å². The Bertz CT molecular complexity index is 832. The van der Waals surface area contributed by atoms with Gasteiger partial charge >= 0.3 is 5.97 Å². The fraction of sp³-hybridized carbons (Fsp3) is 0.125. The molecule has 0 atom stereocenters. The van der Waals surface area contributed by atoms with Crippen molar-refractivity contribution in [3.8, 4) is 11.4 Å². The molecule has 0 aliphatic rings. The van der Waals surface area contributed by atoms with Gasteiger partial charge in [0.25, 0.3) is 0 Å². The molecule has 8 heteroatoms. The minimum Gasteiger partial charge on any atom is -0.459 e. The monoisotopic (exact) mass is 362 g/mol. The Morgan fingerprint density at radius 3 is 2.29 bits per heavy atom. The average molecular weight is 363 g/mol. The Morgan fingerprint density at radius 2 is 1.62 bits per heavy atom. The molecule has 6 nitrogen and oxygen atoms in total. The lowest BCUT2D eigenvalue weighted by atomic mass is 10.2. The van der Waals surface area contributed by atoms with E-state index in [9.17, 15) is 4.79 Å². The van der Waals surface area contributed by atoms with Crippen molar-refractivity contribution in [2.75, 3.05) is 0 Å². The number of ether oxygens (including phenoxy) is 1. The number of aromatic nitrogens is 4. The molecule has 0 radical (unpaired) electrons. The van der Waals surface area contributed by atoms with Crippen LogP contribution in [0.2, 0.25) is 10.0 Å². The number of esters is 1. The van der Waals surface area contributed by atoms with E-state index < -0.39 is 5.97 Å². The number of nitrogens with zero attached hydrogens (tertiary/aromatic N) is 4. The smallest absolute Gasteiger partial charge is 0.330 e. The maximum Gasteiger partial charge on any atom is 0.330 e. The van der Waals surface area contributed by atoms with Gasteiger partial charge < -0.3 is 4.74 Å². The minimum absolute atomic E-state index is 0.117. The summed E-state index contributed by atoms with van der Waals surface area (Å²) in [7, 11) is 0. The number of carbonyl (C=O) groups excluding carboxylic acids is 1. The van der Waals surface area contributed by atoms with Gasteiger partial charge in [-0.2, -0.15) is 4.80 Å². The number of tetrazole rings is 1. The molecule has 122 valence electrons. The summed E-state index contributed by atoms with van der Waals surface area (Å²) in [5.74, 6) is -0.0397. The summed E-state index contributed by atoms with van der Waals surface area (Å²) in [6.45, 7) is 0.0446. The van der Waals surface area contributed by atoms with Gasteiger partial charge in [-0.25, -0.2) is 4.79 Å². The van der Waals surface area contributed by atoms with Gasteiger partial charge in [-0.1, -0.05) is 35.3 Å². The number of halogens is 2. The Kier molecular flexibility index (Phi) is 5.08. The fourth-order valence-corrected chi connectivity index (χ4v) is 2.18. The molecule has 0 saturated heterocycles. The SMILES string of the molecule is O=C(Cn1nnc(-c2ccc(Cl)cc2)n1)OCc1ccc(Cl)cc1. The van der Waals surface area contributed by atoms with Crippen molar-refractivity contribution in [3.63, 3.8) is 0 Å². The van der Waals surface area contributed by atoms with Crippen molar-refractivity contribution in [3.05, 3.63) is 64.1 Å². The molecular weight excluding hydrogens is 351 g/mol. The van der Waals surface area contributed by atoms with Crippen molar-refractivity contribution >= 4 is 29.2 Å². The third-order valence-electron chi connectivity index (χ3n) is 3.14. The summed E-state index contributed by atoms with van der Waals surface area (Å²) >= 11 is 11.6. The van der Waals surface area contributed by atoms with Crippen LogP contribution >= 0.6 is 23.2 Å². The standard InChI is InChI=1S/C16H12Cl2N4O2/c17-13-5-1-11(2-6-13)10-24-15(23)9-22-20-16(19-21-22)12-3-7-14(18)8-4-12/h1-8H,9-10H2. The second-order valence-electron chi connectivity index (χ2n) is 4.94. The van der Waals surface area contributed by atoms with E-state index in [0.29, 0.717) is 15.9 Å². The Morgan fingerprint density at radius 1 is 1.00 bits per heavy atom. The van der Waals surface area contributed by atoms with E-state index >= 15 is 0 Å². The highest BCUT2D eigenvalue weighted by atomic mass is 35.5.